The Hall–Kier alpha value is 0.0274. The van der Waals surface area contributed by atoms with E-state index in [4.69, 9.17) is 5.11 Å². The second kappa shape index (κ2) is 5.03. The van der Waals surface area contributed by atoms with Gasteiger partial charge in [0.2, 0.25) is 0 Å². The summed E-state index contributed by atoms with van der Waals surface area (Å²) in [4.78, 5) is 9.24. The third-order valence-electron chi connectivity index (χ3n) is 0.175. The van der Waals surface area contributed by atoms with Crippen LogP contribution < -0.4 is 5.73 Å². The topological polar surface area (TPSA) is 63.3 Å². The Morgan fingerprint density at radius 1 is 1.83 bits per heavy atom. The van der Waals surface area contributed by atoms with Gasteiger partial charge in [0.05, 0.1) is 6.54 Å². The maximum Gasteiger partial charge on any atom is 0.317 e. The van der Waals surface area contributed by atoms with Gasteiger partial charge in [-0.25, -0.2) is 0 Å². The van der Waals surface area contributed by atoms with Gasteiger partial charge in [0.15, 0.2) is 0 Å². The molecule has 0 saturated carbocycles. The SMILES string of the molecule is NCC(=O)O.[Li]. The average molecular weight is 82.0 g/mol. The van der Waals surface area contributed by atoms with Crippen LogP contribution in [0.5, 0.6) is 0 Å². The molecule has 0 rings (SSSR count). The van der Waals surface area contributed by atoms with Crippen LogP contribution in [-0.2, 0) is 4.79 Å². The van der Waals surface area contributed by atoms with Gasteiger partial charge < -0.3 is 10.8 Å². The van der Waals surface area contributed by atoms with Gasteiger partial charge in [-0.05, 0) is 0 Å². The molecule has 0 aromatic heterocycles. The second-order valence-corrected chi connectivity index (χ2v) is 0.598. The molecule has 0 aliphatic heterocycles. The number of rotatable bonds is 1. The molecule has 0 heterocycles. The zero-order valence-corrected chi connectivity index (χ0v) is 3.64. The summed E-state index contributed by atoms with van der Waals surface area (Å²) in [5.41, 5.74) is 4.57. The normalized spacial score (nSPS) is 6.17. The van der Waals surface area contributed by atoms with Gasteiger partial charge in [-0.1, -0.05) is 0 Å². The van der Waals surface area contributed by atoms with E-state index in [1.807, 2.05) is 0 Å². The van der Waals surface area contributed by atoms with Crippen molar-refractivity contribution in [2.45, 2.75) is 0 Å². The molecule has 1 radical (unpaired) electrons. The first-order valence-electron chi connectivity index (χ1n) is 1.19. The summed E-state index contributed by atoms with van der Waals surface area (Å²) in [6, 6.07) is 0. The molecule has 0 amide bonds. The zero-order valence-electron chi connectivity index (χ0n) is 3.64. The smallest absolute Gasteiger partial charge is 0.317 e. The molecule has 31 valence electrons. The Morgan fingerprint density at radius 3 is 2.00 bits per heavy atom. The van der Waals surface area contributed by atoms with Gasteiger partial charge in [0.1, 0.15) is 0 Å². The first-order valence-corrected chi connectivity index (χ1v) is 1.19. The van der Waals surface area contributed by atoms with Crippen LogP contribution in [0.2, 0.25) is 0 Å². The summed E-state index contributed by atoms with van der Waals surface area (Å²) in [5, 5.41) is 7.60. The zero-order chi connectivity index (χ0) is 4.28. The number of carbonyl (C=O) groups is 1. The van der Waals surface area contributed by atoms with E-state index in [0.29, 0.717) is 0 Å². The van der Waals surface area contributed by atoms with Crippen molar-refractivity contribution in [3.05, 3.63) is 0 Å². The third kappa shape index (κ3) is 8.98. The van der Waals surface area contributed by atoms with E-state index in [0.717, 1.165) is 0 Å². The number of aliphatic carboxylic acids is 1. The maximum atomic E-state index is 9.24. The number of nitrogens with two attached hydrogens (primary N) is 1. The Labute approximate surface area is 47.7 Å². The van der Waals surface area contributed by atoms with E-state index in [1.54, 1.807) is 0 Å². The Morgan fingerprint density at radius 2 is 2.00 bits per heavy atom. The number of carboxylic acid groups (broad SMARTS) is 1. The van der Waals surface area contributed by atoms with Crippen molar-refractivity contribution >= 4 is 24.8 Å². The van der Waals surface area contributed by atoms with Gasteiger partial charge in [-0.2, -0.15) is 0 Å². The molecule has 0 atom stereocenters. The second-order valence-electron chi connectivity index (χ2n) is 0.598. The summed E-state index contributed by atoms with van der Waals surface area (Å²) >= 11 is 0. The van der Waals surface area contributed by atoms with Gasteiger partial charge in [0.25, 0.3) is 0 Å². The molecule has 0 aliphatic rings. The fourth-order valence-corrected chi connectivity index (χ4v) is 0. The molecule has 0 bridgehead atoms. The van der Waals surface area contributed by atoms with Gasteiger partial charge in [0, 0.05) is 18.9 Å². The van der Waals surface area contributed by atoms with E-state index in [-0.39, 0.29) is 25.4 Å². The molecule has 0 aliphatic carbocycles. The van der Waals surface area contributed by atoms with E-state index < -0.39 is 5.97 Å². The molecule has 0 unspecified atom stereocenters. The third-order valence-corrected chi connectivity index (χ3v) is 0.175. The van der Waals surface area contributed by atoms with E-state index in [9.17, 15) is 4.79 Å². The Kier molecular flexibility index (Phi) is 7.87. The molecular weight excluding hydrogens is 77.0 g/mol. The van der Waals surface area contributed by atoms with Crippen LogP contribution in [-0.4, -0.2) is 36.5 Å². The van der Waals surface area contributed by atoms with E-state index in [1.165, 1.54) is 0 Å². The predicted octanol–water partition coefficient (Wildman–Crippen LogP) is -1.35. The Balaban J connectivity index is 0. The van der Waals surface area contributed by atoms with Crippen molar-refractivity contribution in [1.82, 2.24) is 0 Å². The van der Waals surface area contributed by atoms with Crippen LogP contribution in [0, 0.1) is 0 Å². The molecule has 3 nitrogen and oxygen atoms in total. The van der Waals surface area contributed by atoms with Crippen molar-refractivity contribution in [1.29, 1.82) is 0 Å². The van der Waals surface area contributed by atoms with Crippen LogP contribution >= 0.6 is 0 Å². The molecule has 0 fully saturated rings. The van der Waals surface area contributed by atoms with Crippen molar-refractivity contribution in [3.63, 3.8) is 0 Å². The summed E-state index contributed by atoms with van der Waals surface area (Å²) in [6.45, 7) is -0.278. The summed E-state index contributed by atoms with van der Waals surface area (Å²) in [7, 11) is 0. The molecule has 0 aromatic carbocycles. The van der Waals surface area contributed by atoms with Crippen LogP contribution in [0.15, 0.2) is 0 Å². The standard InChI is InChI=1S/C2H5NO2.Li/c3-1-2(4)5;/h1,3H2,(H,4,5);. The molecule has 4 heteroatoms. The first kappa shape index (κ1) is 9.39. The number of hydrogen-bond acceptors (Lipinski definition) is 2. The van der Waals surface area contributed by atoms with E-state index in [2.05, 4.69) is 5.73 Å². The largest absolute Gasteiger partial charge is 0.480 e. The van der Waals surface area contributed by atoms with Crippen LogP contribution in [0.3, 0.4) is 0 Å². The molecule has 0 aromatic rings. The molecular formula is C2H5LiNO2. The average Bonchev–Trinajstić information content (AvgIpc) is 1.38. The number of hydrogen-bond donors (Lipinski definition) is 2. The first-order chi connectivity index (χ1) is 2.27. The Bertz CT molecular complexity index is 46.8. The summed E-state index contributed by atoms with van der Waals surface area (Å²) < 4.78 is 0. The molecule has 0 spiro atoms. The van der Waals surface area contributed by atoms with Crippen molar-refractivity contribution in [3.8, 4) is 0 Å². The summed E-state index contributed by atoms with van der Waals surface area (Å²) in [5.74, 6) is -0.968. The minimum atomic E-state index is -0.968. The fraction of sp³-hybridized carbons (Fsp3) is 0.500. The minimum absolute atomic E-state index is 0. The summed E-state index contributed by atoms with van der Waals surface area (Å²) in [6.07, 6.45) is 0. The fourth-order valence-electron chi connectivity index (χ4n) is 0. The minimum Gasteiger partial charge on any atom is -0.480 e. The van der Waals surface area contributed by atoms with Crippen molar-refractivity contribution in [2.75, 3.05) is 6.54 Å². The van der Waals surface area contributed by atoms with Crippen molar-refractivity contribution in [2.24, 2.45) is 5.73 Å². The van der Waals surface area contributed by atoms with Crippen LogP contribution in [0.4, 0.5) is 0 Å². The molecule has 6 heavy (non-hydrogen) atoms. The van der Waals surface area contributed by atoms with Crippen molar-refractivity contribution < 1.29 is 9.90 Å². The maximum absolute atomic E-state index is 9.24. The van der Waals surface area contributed by atoms with E-state index >= 15 is 0 Å². The number of carboxylic acids is 1. The molecule has 3 N–H and O–H groups in total. The van der Waals surface area contributed by atoms with Crippen LogP contribution in [0.1, 0.15) is 0 Å². The van der Waals surface area contributed by atoms with Gasteiger partial charge >= 0.3 is 5.97 Å². The van der Waals surface area contributed by atoms with Crippen LogP contribution in [0.25, 0.3) is 0 Å². The predicted molar refractivity (Wildman–Crippen MR) is 22.4 cm³/mol. The monoisotopic (exact) mass is 82.0 g/mol. The quantitative estimate of drug-likeness (QED) is 0.384. The van der Waals surface area contributed by atoms with Gasteiger partial charge in [-0.15, -0.1) is 0 Å². The molecule has 0 saturated heterocycles. The van der Waals surface area contributed by atoms with Gasteiger partial charge in [-0.3, -0.25) is 4.79 Å².